The first kappa shape index (κ1) is 14.9. The third-order valence-electron chi connectivity index (χ3n) is 2.66. The van der Waals surface area contributed by atoms with E-state index in [9.17, 15) is 22.4 Å². The Morgan fingerprint density at radius 3 is 1.76 bits per heavy atom. The maximum Gasteiger partial charge on any atom is 0.321 e. The summed E-state index contributed by atoms with van der Waals surface area (Å²) < 4.78 is 57.7. The van der Waals surface area contributed by atoms with Gasteiger partial charge in [-0.1, -0.05) is 0 Å². The fourth-order valence-corrected chi connectivity index (χ4v) is 1.75. The molecule has 0 saturated carbocycles. The van der Waals surface area contributed by atoms with Gasteiger partial charge in [0, 0.05) is 12.1 Å². The molecular weight excluding hydrogens is 292 g/mol. The van der Waals surface area contributed by atoms with Crippen LogP contribution in [0.4, 0.5) is 17.6 Å². The minimum Gasteiger partial charge on any atom is -0.468 e. The molecule has 4 nitrogen and oxygen atoms in total. The summed E-state index contributed by atoms with van der Waals surface area (Å²) in [6.07, 6.45) is 1.32. The number of halogens is 4. The number of rotatable bonds is 3. The number of carbonyl (C=O) groups excluding carboxylic acids is 1. The number of methoxy groups -OCH3 is 1. The minimum absolute atomic E-state index is 0.486. The highest BCUT2D eigenvalue weighted by atomic mass is 19.1. The highest BCUT2D eigenvalue weighted by Crippen LogP contribution is 2.27. The second-order valence-electron chi connectivity index (χ2n) is 4.00. The molecule has 0 unspecified atom stereocenters. The number of carbonyl (C=O) groups is 1. The first-order chi connectivity index (χ1) is 9.93. The second kappa shape index (κ2) is 5.86. The Labute approximate surface area is 116 Å². The summed E-state index contributed by atoms with van der Waals surface area (Å²) in [4.78, 5) is 18.6. The third-order valence-corrected chi connectivity index (χ3v) is 2.66. The second-order valence-corrected chi connectivity index (χ2v) is 4.00. The molecule has 0 aliphatic carbocycles. The van der Waals surface area contributed by atoms with E-state index in [0.717, 1.165) is 7.11 Å². The zero-order valence-electron chi connectivity index (χ0n) is 10.6. The lowest BCUT2D eigenvalue weighted by Gasteiger charge is -2.15. The molecule has 0 atom stereocenters. The lowest BCUT2D eigenvalue weighted by atomic mass is 9.99. The lowest BCUT2D eigenvalue weighted by molar-refractivity contribution is -0.141. The summed E-state index contributed by atoms with van der Waals surface area (Å²) in [5.74, 6) is -7.01. The molecule has 0 spiro atoms. The number of esters is 1. The zero-order valence-corrected chi connectivity index (χ0v) is 10.6. The standard InChI is InChI=1S/C13H8F4N2O2/c1-21-13(20)10(11-8(16)2-6(14)4-18-11)12-9(17)3-7(15)5-19-12/h2-5,10H,1H3. The van der Waals surface area contributed by atoms with E-state index in [1.54, 1.807) is 0 Å². The van der Waals surface area contributed by atoms with Crippen LogP contribution in [0.1, 0.15) is 17.3 Å². The van der Waals surface area contributed by atoms with Crippen molar-refractivity contribution in [2.24, 2.45) is 0 Å². The summed E-state index contributed by atoms with van der Waals surface area (Å²) >= 11 is 0. The number of ether oxygens (including phenoxy) is 1. The molecule has 110 valence electrons. The van der Waals surface area contributed by atoms with Gasteiger partial charge in [0.25, 0.3) is 0 Å². The van der Waals surface area contributed by atoms with Gasteiger partial charge in [-0.05, 0) is 0 Å². The van der Waals surface area contributed by atoms with E-state index >= 15 is 0 Å². The molecule has 0 aliphatic heterocycles. The Balaban J connectivity index is 2.61. The summed E-state index contributed by atoms with van der Waals surface area (Å²) in [7, 11) is 0.998. The van der Waals surface area contributed by atoms with Crippen LogP contribution < -0.4 is 0 Å². The van der Waals surface area contributed by atoms with Crippen LogP contribution >= 0.6 is 0 Å². The van der Waals surface area contributed by atoms with Gasteiger partial charge < -0.3 is 4.74 Å². The van der Waals surface area contributed by atoms with Crippen molar-refractivity contribution in [2.75, 3.05) is 7.11 Å². The largest absolute Gasteiger partial charge is 0.468 e. The molecule has 0 amide bonds. The van der Waals surface area contributed by atoms with Crippen molar-refractivity contribution in [1.29, 1.82) is 0 Å². The molecule has 2 aromatic heterocycles. The Morgan fingerprint density at radius 2 is 1.43 bits per heavy atom. The molecule has 2 heterocycles. The topological polar surface area (TPSA) is 52.1 Å². The predicted octanol–water partition coefficient (Wildman–Crippen LogP) is 2.34. The van der Waals surface area contributed by atoms with Gasteiger partial charge in [-0.2, -0.15) is 0 Å². The van der Waals surface area contributed by atoms with Gasteiger partial charge in [-0.15, -0.1) is 0 Å². The average Bonchev–Trinajstić information content (AvgIpc) is 2.43. The van der Waals surface area contributed by atoms with E-state index in [-0.39, 0.29) is 0 Å². The van der Waals surface area contributed by atoms with Gasteiger partial charge in [0.1, 0.15) is 29.2 Å². The first-order valence-corrected chi connectivity index (χ1v) is 5.63. The minimum atomic E-state index is -1.67. The van der Waals surface area contributed by atoms with Gasteiger partial charge in [-0.25, -0.2) is 17.6 Å². The summed E-state index contributed by atoms with van der Waals surface area (Å²) in [5, 5.41) is 0. The van der Waals surface area contributed by atoms with Crippen molar-refractivity contribution in [3.05, 3.63) is 59.2 Å². The molecule has 0 radical (unpaired) electrons. The average molecular weight is 300 g/mol. The van der Waals surface area contributed by atoms with Crippen LogP contribution in [-0.4, -0.2) is 23.0 Å². The van der Waals surface area contributed by atoms with Crippen LogP contribution in [-0.2, 0) is 9.53 Å². The van der Waals surface area contributed by atoms with Crippen LogP contribution in [0.15, 0.2) is 24.5 Å². The maximum atomic E-state index is 13.8. The van der Waals surface area contributed by atoms with Crippen molar-refractivity contribution in [3.63, 3.8) is 0 Å². The number of hydrogen-bond acceptors (Lipinski definition) is 4. The van der Waals surface area contributed by atoms with Crippen molar-refractivity contribution >= 4 is 5.97 Å². The number of pyridine rings is 2. The Morgan fingerprint density at radius 1 is 1.00 bits per heavy atom. The Bertz CT molecular complexity index is 642. The van der Waals surface area contributed by atoms with Crippen LogP contribution in [0.5, 0.6) is 0 Å². The molecule has 0 saturated heterocycles. The molecule has 0 aromatic carbocycles. The van der Waals surface area contributed by atoms with Gasteiger partial charge in [0.2, 0.25) is 0 Å². The van der Waals surface area contributed by atoms with E-state index in [4.69, 9.17) is 0 Å². The van der Waals surface area contributed by atoms with Crippen molar-refractivity contribution in [2.45, 2.75) is 5.92 Å². The van der Waals surface area contributed by atoms with E-state index in [1.165, 1.54) is 0 Å². The molecule has 21 heavy (non-hydrogen) atoms. The monoisotopic (exact) mass is 300 g/mol. The number of nitrogens with zero attached hydrogens (tertiary/aromatic N) is 2. The summed E-state index contributed by atoms with van der Waals surface area (Å²) in [5.41, 5.74) is -1.14. The Kier molecular flexibility index (Phi) is 4.15. The van der Waals surface area contributed by atoms with E-state index in [1.807, 2.05) is 0 Å². The van der Waals surface area contributed by atoms with E-state index in [2.05, 4.69) is 14.7 Å². The van der Waals surface area contributed by atoms with Gasteiger partial charge in [0.15, 0.2) is 0 Å². The molecule has 2 rings (SSSR count). The van der Waals surface area contributed by atoms with Gasteiger partial charge >= 0.3 is 5.97 Å². The van der Waals surface area contributed by atoms with Crippen molar-refractivity contribution in [1.82, 2.24) is 9.97 Å². The van der Waals surface area contributed by atoms with Crippen LogP contribution in [0.25, 0.3) is 0 Å². The fraction of sp³-hybridized carbons (Fsp3) is 0.154. The number of hydrogen-bond donors (Lipinski definition) is 0. The van der Waals surface area contributed by atoms with E-state index < -0.39 is 46.5 Å². The zero-order chi connectivity index (χ0) is 15.6. The smallest absolute Gasteiger partial charge is 0.321 e. The first-order valence-electron chi connectivity index (χ1n) is 5.63. The third kappa shape index (κ3) is 2.99. The van der Waals surface area contributed by atoms with Crippen molar-refractivity contribution < 1.29 is 27.1 Å². The molecule has 8 heteroatoms. The lowest BCUT2D eigenvalue weighted by Crippen LogP contribution is -2.21. The van der Waals surface area contributed by atoms with Crippen molar-refractivity contribution in [3.8, 4) is 0 Å². The molecule has 2 aromatic rings. The van der Waals surface area contributed by atoms with Gasteiger partial charge in [-0.3, -0.25) is 14.8 Å². The molecular formula is C13H8F4N2O2. The van der Waals surface area contributed by atoms with E-state index in [0.29, 0.717) is 24.5 Å². The predicted molar refractivity (Wildman–Crippen MR) is 62.2 cm³/mol. The summed E-state index contributed by atoms with van der Waals surface area (Å²) in [6.45, 7) is 0. The molecule has 0 bridgehead atoms. The molecule has 0 fully saturated rings. The summed E-state index contributed by atoms with van der Waals surface area (Å²) in [6, 6.07) is 0.972. The molecule has 0 N–H and O–H groups in total. The fourth-order valence-electron chi connectivity index (χ4n) is 1.75. The molecule has 0 aliphatic rings. The van der Waals surface area contributed by atoms with Gasteiger partial charge in [0.05, 0.1) is 30.9 Å². The normalized spacial score (nSPS) is 10.8. The SMILES string of the molecule is COC(=O)C(c1ncc(F)cc1F)c1ncc(F)cc1F. The maximum absolute atomic E-state index is 13.8. The van der Waals surface area contributed by atoms with Crippen LogP contribution in [0.2, 0.25) is 0 Å². The Hall–Kier alpha value is -2.51. The highest BCUT2D eigenvalue weighted by molar-refractivity contribution is 5.81. The van der Waals surface area contributed by atoms with Crippen LogP contribution in [0.3, 0.4) is 0 Å². The number of aromatic nitrogens is 2. The quantitative estimate of drug-likeness (QED) is 0.645. The van der Waals surface area contributed by atoms with Crippen LogP contribution in [0, 0.1) is 23.3 Å². The highest BCUT2D eigenvalue weighted by Gasteiger charge is 2.32.